The molecule has 0 saturated heterocycles. The Bertz CT molecular complexity index is 1850. The molecule has 0 spiro atoms. The minimum absolute atomic E-state index is 0.934. The summed E-state index contributed by atoms with van der Waals surface area (Å²) in [7, 11) is 0. The molecule has 3 heteroatoms. The van der Waals surface area contributed by atoms with Crippen molar-refractivity contribution in [1.29, 1.82) is 0 Å². The third kappa shape index (κ3) is 3.29. The highest BCUT2D eigenvalue weighted by atomic mass is 15.1. The first-order valence-corrected chi connectivity index (χ1v) is 11.8. The molecule has 0 aliphatic rings. The summed E-state index contributed by atoms with van der Waals surface area (Å²) in [5, 5.41) is 3.57. The molecule has 0 N–H and O–H groups in total. The molecule has 0 amide bonds. The van der Waals surface area contributed by atoms with Gasteiger partial charge in [-0.15, -0.1) is 0 Å². The van der Waals surface area contributed by atoms with Gasteiger partial charge in [0.1, 0.15) is 5.82 Å². The maximum Gasteiger partial charge on any atom is 0.145 e. The van der Waals surface area contributed by atoms with E-state index in [9.17, 15) is 0 Å². The van der Waals surface area contributed by atoms with Gasteiger partial charge in [-0.25, -0.2) is 4.98 Å². The maximum atomic E-state index is 5.03. The zero-order valence-corrected chi connectivity index (χ0v) is 19.0. The zero-order chi connectivity index (χ0) is 23.2. The van der Waals surface area contributed by atoms with Crippen molar-refractivity contribution in [2.45, 2.75) is 0 Å². The zero-order valence-electron chi connectivity index (χ0n) is 19.0. The molecule has 35 heavy (non-hydrogen) atoms. The summed E-state index contributed by atoms with van der Waals surface area (Å²) in [4.78, 5) is 9.77. The van der Waals surface area contributed by atoms with Crippen LogP contribution in [0.25, 0.3) is 60.9 Å². The quantitative estimate of drug-likeness (QED) is 0.256. The van der Waals surface area contributed by atoms with Crippen molar-refractivity contribution in [3.8, 4) is 28.2 Å². The van der Waals surface area contributed by atoms with Gasteiger partial charge in [0.15, 0.2) is 0 Å². The van der Waals surface area contributed by atoms with E-state index in [1.54, 1.807) is 0 Å². The lowest BCUT2D eigenvalue weighted by atomic mass is 9.99. The largest absolute Gasteiger partial charge is 0.292 e. The van der Waals surface area contributed by atoms with Crippen molar-refractivity contribution in [2.24, 2.45) is 0 Å². The van der Waals surface area contributed by atoms with Crippen LogP contribution in [0.3, 0.4) is 0 Å². The number of hydrogen-bond acceptors (Lipinski definition) is 2. The number of nitrogens with zero attached hydrogens (tertiary/aromatic N) is 3. The Morgan fingerprint density at radius 2 is 1.29 bits per heavy atom. The Balaban J connectivity index is 1.39. The summed E-state index contributed by atoms with van der Waals surface area (Å²) in [5.41, 5.74) is 7.55. The Hall–Kier alpha value is -4.76. The maximum absolute atomic E-state index is 5.03. The lowest BCUT2D eigenvalue weighted by Crippen LogP contribution is -1.97. The van der Waals surface area contributed by atoms with Crippen LogP contribution in [0.2, 0.25) is 0 Å². The number of aromatic nitrogens is 3. The fourth-order valence-electron chi connectivity index (χ4n) is 4.94. The number of imidazole rings is 1. The van der Waals surface area contributed by atoms with E-state index in [0.29, 0.717) is 0 Å². The first kappa shape index (κ1) is 19.7. The lowest BCUT2D eigenvalue weighted by Gasteiger charge is -2.11. The number of benzene rings is 5. The van der Waals surface area contributed by atoms with Gasteiger partial charge in [0, 0.05) is 28.2 Å². The van der Waals surface area contributed by atoms with Crippen molar-refractivity contribution in [2.75, 3.05) is 0 Å². The monoisotopic (exact) mass is 447 g/mol. The molecule has 2 heterocycles. The van der Waals surface area contributed by atoms with Gasteiger partial charge in [-0.05, 0) is 52.9 Å². The molecule has 3 nitrogen and oxygen atoms in total. The highest BCUT2D eigenvalue weighted by molar-refractivity contribution is 6.06. The van der Waals surface area contributed by atoms with Crippen LogP contribution in [0.1, 0.15) is 0 Å². The first-order valence-electron chi connectivity index (χ1n) is 11.8. The van der Waals surface area contributed by atoms with E-state index in [1.165, 1.54) is 10.8 Å². The summed E-state index contributed by atoms with van der Waals surface area (Å²) >= 11 is 0. The van der Waals surface area contributed by atoms with Crippen LogP contribution in [-0.4, -0.2) is 14.5 Å². The second kappa shape index (κ2) is 7.93. The van der Waals surface area contributed by atoms with Gasteiger partial charge in [-0.2, -0.15) is 0 Å². The SMILES string of the molecule is c1ccc(-n2c(-c3cccc(-c4ccc5c(c4)ncc4ccccc45)c3)nc3ccccc32)cc1. The van der Waals surface area contributed by atoms with Gasteiger partial charge in [-0.1, -0.05) is 84.9 Å². The highest BCUT2D eigenvalue weighted by Gasteiger charge is 2.15. The van der Waals surface area contributed by atoms with Crippen molar-refractivity contribution >= 4 is 32.7 Å². The van der Waals surface area contributed by atoms with E-state index in [-0.39, 0.29) is 0 Å². The molecule has 0 aliphatic carbocycles. The normalized spacial score (nSPS) is 11.4. The molecule has 7 aromatic rings. The van der Waals surface area contributed by atoms with E-state index in [0.717, 1.165) is 50.1 Å². The predicted octanol–water partition coefficient (Wildman–Crippen LogP) is 8.06. The van der Waals surface area contributed by atoms with Crippen LogP contribution in [0.4, 0.5) is 0 Å². The van der Waals surface area contributed by atoms with Crippen LogP contribution in [-0.2, 0) is 0 Å². The summed E-state index contributed by atoms with van der Waals surface area (Å²) in [6, 6.07) is 42.3. The Kier molecular flexibility index (Phi) is 4.46. The highest BCUT2D eigenvalue weighted by Crippen LogP contribution is 2.33. The molecule has 7 rings (SSSR count). The van der Waals surface area contributed by atoms with Gasteiger partial charge in [0.05, 0.1) is 16.6 Å². The van der Waals surface area contributed by atoms with Crippen LogP contribution in [0.15, 0.2) is 128 Å². The van der Waals surface area contributed by atoms with Gasteiger partial charge in [0.25, 0.3) is 0 Å². The molecule has 0 unspecified atom stereocenters. The van der Waals surface area contributed by atoms with Gasteiger partial charge in [-0.3, -0.25) is 9.55 Å². The van der Waals surface area contributed by atoms with E-state index >= 15 is 0 Å². The average Bonchev–Trinajstić information content (AvgIpc) is 3.33. The van der Waals surface area contributed by atoms with Crippen LogP contribution in [0, 0.1) is 0 Å². The molecule has 0 atom stereocenters. The second-order valence-electron chi connectivity index (χ2n) is 8.75. The summed E-state index contributed by atoms with van der Waals surface area (Å²) in [6.07, 6.45) is 1.96. The number of rotatable bonds is 3. The molecular weight excluding hydrogens is 426 g/mol. The van der Waals surface area contributed by atoms with Crippen molar-refractivity contribution in [3.63, 3.8) is 0 Å². The van der Waals surface area contributed by atoms with Crippen molar-refractivity contribution < 1.29 is 0 Å². The van der Waals surface area contributed by atoms with Crippen molar-refractivity contribution in [3.05, 3.63) is 128 Å². The minimum Gasteiger partial charge on any atom is -0.292 e. The summed E-state index contributed by atoms with van der Waals surface area (Å²) in [5.74, 6) is 0.934. The molecule has 0 saturated carbocycles. The Labute approximate surface area is 203 Å². The molecule has 2 aromatic heterocycles. The molecule has 164 valence electrons. The van der Waals surface area contributed by atoms with E-state index in [1.807, 2.05) is 18.3 Å². The second-order valence-corrected chi connectivity index (χ2v) is 8.75. The van der Waals surface area contributed by atoms with Crippen LogP contribution < -0.4 is 0 Å². The van der Waals surface area contributed by atoms with E-state index < -0.39 is 0 Å². The standard InChI is InChI=1S/C32H21N3/c1-2-12-26(13-3-1)35-31-16-7-6-15-29(31)34-32(35)24-11-8-10-22(19-24)23-17-18-28-27-14-5-4-9-25(27)21-33-30(28)20-23/h1-21H. The molecule has 0 aliphatic heterocycles. The number of hydrogen-bond donors (Lipinski definition) is 0. The molecule has 5 aromatic carbocycles. The minimum atomic E-state index is 0.934. The molecule has 0 radical (unpaired) electrons. The smallest absolute Gasteiger partial charge is 0.145 e. The molecule has 0 fully saturated rings. The molecule has 0 bridgehead atoms. The third-order valence-electron chi connectivity index (χ3n) is 6.62. The lowest BCUT2D eigenvalue weighted by molar-refractivity contribution is 1.10. The predicted molar refractivity (Wildman–Crippen MR) is 145 cm³/mol. The topological polar surface area (TPSA) is 30.7 Å². The van der Waals surface area contributed by atoms with E-state index in [2.05, 4.69) is 114 Å². The number of pyridine rings is 1. The Morgan fingerprint density at radius 1 is 0.514 bits per heavy atom. The summed E-state index contributed by atoms with van der Waals surface area (Å²) in [6.45, 7) is 0. The first-order chi connectivity index (χ1) is 17.3. The van der Waals surface area contributed by atoms with Crippen LogP contribution in [0.5, 0.6) is 0 Å². The van der Waals surface area contributed by atoms with Gasteiger partial charge < -0.3 is 0 Å². The third-order valence-corrected chi connectivity index (χ3v) is 6.62. The van der Waals surface area contributed by atoms with E-state index in [4.69, 9.17) is 9.97 Å². The number of para-hydroxylation sites is 3. The Morgan fingerprint density at radius 3 is 2.23 bits per heavy atom. The van der Waals surface area contributed by atoms with Gasteiger partial charge >= 0.3 is 0 Å². The van der Waals surface area contributed by atoms with Crippen molar-refractivity contribution in [1.82, 2.24) is 14.5 Å². The average molecular weight is 448 g/mol. The fraction of sp³-hybridized carbons (Fsp3) is 0. The van der Waals surface area contributed by atoms with Crippen LogP contribution >= 0.6 is 0 Å². The fourth-order valence-corrected chi connectivity index (χ4v) is 4.94. The molecular formula is C32H21N3. The van der Waals surface area contributed by atoms with Gasteiger partial charge in [0.2, 0.25) is 0 Å². The number of fused-ring (bicyclic) bond motifs is 4. The summed E-state index contributed by atoms with van der Waals surface area (Å²) < 4.78 is 2.24.